The van der Waals surface area contributed by atoms with Gasteiger partial charge < -0.3 is 16.0 Å². The lowest BCUT2D eigenvalue weighted by molar-refractivity contribution is -0.114. The summed E-state index contributed by atoms with van der Waals surface area (Å²) in [4.78, 5) is 20.8. The summed E-state index contributed by atoms with van der Waals surface area (Å²) >= 11 is 0. The molecule has 3 aromatic carbocycles. The number of carbonyl (C=O) groups is 1. The van der Waals surface area contributed by atoms with Gasteiger partial charge in [-0.2, -0.15) is 4.98 Å². The normalized spacial score (nSPS) is 11.7. The predicted octanol–water partition coefficient (Wildman–Crippen LogP) is 5.90. The largest absolute Gasteiger partial charge is 0.363 e. The molecule has 6 nitrogen and oxygen atoms in total. The lowest BCUT2D eigenvalue weighted by atomic mass is 10.0. The number of nitrogens with zero attached hydrogens (tertiary/aromatic N) is 2. The molecule has 31 heavy (non-hydrogen) atoms. The molecule has 1 heterocycles. The quantitative estimate of drug-likeness (QED) is 0.353. The summed E-state index contributed by atoms with van der Waals surface area (Å²) in [7, 11) is 0. The summed E-state index contributed by atoms with van der Waals surface area (Å²) < 4.78 is 0. The Morgan fingerprint density at radius 1 is 0.903 bits per heavy atom. The van der Waals surface area contributed by atoms with Gasteiger partial charge in [0.15, 0.2) is 0 Å². The van der Waals surface area contributed by atoms with Crippen molar-refractivity contribution in [3.8, 4) is 0 Å². The predicted molar refractivity (Wildman–Crippen MR) is 127 cm³/mol. The lowest BCUT2D eigenvalue weighted by Crippen LogP contribution is -2.12. The van der Waals surface area contributed by atoms with Crippen molar-refractivity contribution < 1.29 is 4.79 Å². The third kappa shape index (κ3) is 4.98. The number of carbonyl (C=O) groups excluding carboxylic acids is 1. The highest BCUT2D eigenvalue weighted by atomic mass is 16.1. The Morgan fingerprint density at radius 2 is 1.65 bits per heavy atom. The molecule has 4 rings (SSSR count). The maximum atomic E-state index is 11.4. The van der Waals surface area contributed by atoms with Gasteiger partial charge in [-0.25, -0.2) is 4.98 Å². The third-order valence-electron chi connectivity index (χ3n) is 4.96. The summed E-state index contributed by atoms with van der Waals surface area (Å²) in [5, 5.41) is 10.6. The second-order valence-corrected chi connectivity index (χ2v) is 7.32. The number of aromatic nitrogens is 2. The van der Waals surface area contributed by atoms with Crippen molar-refractivity contribution in [2.75, 3.05) is 16.0 Å². The van der Waals surface area contributed by atoms with Crippen LogP contribution < -0.4 is 16.0 Å². The van der Waals surface area contributed by atoms with Gasteiger partial charge in [0.25, 0.3) is 0 Å². The van der Waals surface area contributed by atoms with Crippen LogP contribution in [0.15, 0.2) is 78.9 Å². The minimum absolute atomic E-state index is 0.114. The van der Waals surface area contributed by atoms with E-state index in [1.807, 2.05) is 66.7 Å². The fourth-order valence-electron chi connectivity index (χ4n) is 3.52. The molecule has 0 bridgehead atoms. The van der Waals surface area contributed by atoms with E-state index in [-0.39, 0.29) is 11.9 Å². The second kappa shape index (κ2) is 9.26. The first-order chi connectivity index (χ1) is 15.1. The number of benzene rings is 3. The Kier molecular flexibility index (Phi) is 6.08. The SMILES string of the molecule is CC[C@H](Nc1nc(Nc2cccc(NC(C)=O)c2)nc2ccccc12)c1ccccc1. The average Bonchev–Trinajstić information content (AvgIpc) is 2.77. The second-order valence-electron chi connectivity index (χ2n) is 7.32. The van der Waals surface area contributed by atoms with Crippen LogP contribution in [-0.2, 0) is 4.79 Å². The van der Waals surface area contributed by atoms with Crippen molar-refractivity contribution in [3.05, 3.63) is 84.4 Å². The van der Waals surface area contributed by atoms with Gasteiger partial charge >= 0.3 is 0 Å². The third-order valence-corrected chi connectivity index (χ3v) is 4.96. The fraction of sp³-hybridized carbons (Fsp3) is 0.160. The summed E-state index contributed by atoms with van der Waals surface area (Å²) in [5.74, 6) is 1.16. The van der Waals surface area contributed by atoms with Crippen molar-refractivity contribution in [1.82, 2.24) is 9.97 Å². The highest BCUT2D eigenvalue weighted by Gasteiger charge is 2.14. The zero-order chi connectivity index (χ0) is 21.6. The Bertz CT molecular complexity index is 1190. The van der Waals surface area contributed by atoms with Crippen molar-refractivity contribution in [3.63, 3.8) is 0 Å². The molecule has 156 valence electrons. The molecule has 0 aliphatic rings. The van der Waals surface area contributed by atoms with Crippen LogP contribution in [0.3, 0.4) is 0 Å². The Morgan fingerprint density at radius 3 is 2.42 bits per heavy atom. The van der Waals surface area contributed by atoms with E-state index in [1.165, 1.54) is 12.5 Å². The fourth-order valence-corrected chi connectivity index (χ4v) is 3.52. The summed E-state index contributed by atoms with van der Waals surface area (Å²) in [6, 6.07) is 25.9. The van der Waals surface area contributed by atoms with Crippen LogP contribution >= 0.6 is 0 Å². The summed E-state index contributed by atoms with van der Waals surface area (Å²) in [5.41, 5.74) is 3.57. The van der Waals surface area contributed by atoms with Crippen LogP contribution in [0.4, 0.5) is 23.1 Å². The molecular formula is C25H25N5O. The number of fused-ring (bicyclic) bond motifs is 1. The Hall–Kier alpha value is -3.93. The molecule has 0 spiro atoms. The standard InChI is InChI=1S/C25H25N5O/c1-3-22(18-10-5-4-6-11-18)28-24-21-14-7-8-15-23(21)29-25(30-24)27-20-13-9-12-19(16-20)26-17(2)31/h4-16,22H,3H2,1-2H3,(H,26,31)(H2,27,28,29,30)/t22-/m0/s1. The van der Waals surface area contributed by atoms with Crippen LogP contribution in [0, 0.1) is 0 Å². The first-order valence-corrected chi connectivity index (χ1v) is 10.4. The Labute approximate surface area is 181 Å². The number of hydrogen-bond acceptors (Lipinski definition) is 5. The molecule has 1 amide bonds. The lowest BCUT2D eigenvalue weighted by Gasteiger charge is -2.20. The van der Waals surface area contributed by atoms with Gasteiger partial charge in [-0.05, 0) is 42.3 Å². The zero-order valence-corrected chi connectivity index (χ0v) is 17.6. The first-order valence-electron chi connectivity index (χ1n) is 10.4. The van der Waals surface area contributed by atoms with Gasteiger partial charge in [-0.3, -0.25) is 4.79 Å². The van der Waals surface area contributed by atoms with Gasteiger partial charge in [-0.15, -0.1) is 0 Å². The minimum Gasteiger partial charge on any atom is -0.363 e. The van der Waals surface area contributed by atoms with E-state index in [0.29, 0.717) is 11.6 Å². The highest BCUT2D eigenvalue weighted by molar-refractivity contribution is 5.91. The van der Waals surface area contributed by atoms with Gasteiger partial charge in [0.2, 0.25) is 11.9 Å². The van der Waals surface area contributed by atoms with Crippen LogP contribution in [0.1, 0.15) is 31.9 Å². The monoisotopic (exact) mass is 411 g/mol. The van der Waals surface area contributed by atoms with Crippen molar-refractivity contribution in [2.24, 2.45) is 0 Å². The van der Waals surface area contributed by atoms with Crippen molar-refractivity contribution in [2.45, 2.75) is 26.3 Å². The summed E-state index contributed by atoms with van der Waals surface area (Å²) in [6.45, 7) is 3.64. The molecule has 0 aliphatic heterocycles. The molecule has 0 fully saturated rings. The van der Waals surface area contributed by atoms with Crippen molar-refractivity contribution in [1.29, 1.82) is 0 Å². The Balaban J connectivity index is 1.67. The first kappa shape index (κ1) is 20.3. The van der Waals surface area contributed by atoms with Gasteiger partial charge in [-0.1, -0.05) is 55.5 Å². The molecule has 1 aromatic heterocycles. The molecule has 4 aromatic rings. The number of para-hydroxylation sites is 1. The van der Waals surface area contributed by atoms with Crippen LogP contribution in [0.2, 0.25) is 0 Å². The highest BCUT2D eigenvalue weighted by Crippen LogP contribution is 2.28. The van der Waals surface area contributed by atoms with E-state index in [4.69, 9.17) is 4.98 Å². The molecule has 0 radical (unpaired) electrons. The van der Waals surface area contributed by atoms with E-state index >= 15 is 0 Å². The van der Waals surface area contributed by atoms with E-state index in [2.05, 4.69) is 40.0 Å². The van der Waals surface area contributed by atoms with Crippen LogP contribution in [-0.4, -0.2) is 15.9 Å². The number of nitrogens with one attached hydrogen (secondary N) is 3. The molecule has 0 aliphatic carbocycles. The number of anilines is 4. The van der Waals surface area contributed by atoms with Gasteiger partial charge in [0.05, 0.1) is 11.6 Å². The van der Waals surface area contributed by atoms with Crippen LogP contribution in [0.5, 0.6) is 0 Å². The molecule has 1 atom stereocenters. The molecule has 6 heteroatoms. The maximum absolute atomic E-state index is 11.4. The summed E-state index contributed by atoms with van der Waals surface area (Å²) in [6.07, 6.45) is 0.921. The average molecular weight is 412 g/mol. The number of rotatable bonds is 7. The molecule has 3 N–H and O–H groups in total. The minimum atomic E-state index is -0.114. The maximum Gasteiger partial charge on any atom is 0.229 e. The van der Waals surface area contributed by atoms with Gasteiger partial charge in [0.1, 0.15) is 5.82 Å². The van der Waals surface area contributed by atoms with Crippen LogP contribution in [0.25, 0.3) is 10.9 Å². The van der Waals surface area contributed by atoms with E-state index in [9.17, 15) is 4.79 Å². The van der Waals surface area contributed by atoms with E-state index in [1.54, 1.807) is 0 Å². The number of amides is 1. The topological polar surface area (TPSA) is 78.9 Å². The number of hydrogen-bond donors (Lipinski definition) is 3. The van der Waals surface area contributed by atoms with E-state index in [0.717, 1.165) is 28.8 Å². The molecule has 0 unspecified atom stereocenters. The molecule has 0 saturated carbocycles. The molecular weight excluding hydrogens is 386 g/mol. The smallest absolute Gasteiger partial charge is 0.229 e. The molecule has 0 saturated heterocycles. The van der Waals surface area contributed by atoms with Gasteiger partial charge in [0, 0.05) is 23.7 Å². The van der Waals surface area contributed by atoms with E-state index < -0.39 is 0 Å². The van der Waals surface area contributed by atoms with Crippen molar-refractivity contribution >= 4 is 40.0 Å². The zero-order valence-electron chi connectivity index (χ0n) is 17.6.